The van der Waals surface area contributed by atoms with E-state index in [0.717, 1.165) is 29.4 Å². The van der Waals surface area contributed by atoms with Gasteiger partial charge in [0.1, 0.15) is 0 Å². The highest BCUT2D eigenvalue weighted by Crippen LogP contribution is 2.30. The van der Waals surface area contributed by atoms with E-state index in [1.165, 1.54) is 10.5 Å². The van der Waals surface area contributed by atoms with Gasteiger partial charge in [0.25, 0.3) is 0 Å². The van der Waals surface area contributed by atoms with Gasteiger partial charge in [0.2, 0.25) is 0 Å². The summed E-state index contributed by atoms with van der Waals surface area (Å²) in [6.45, 7) is 5.00. The Morgan fingerprint density at radius 1 is 1.38 bits per heavy atom. The van der Waals surface area contributed by atoms with E-state index in [1.54, 1.807) is 11.8 Å². The summed E-state index contributed by atoms with van der Waals surface area (Å²) in [5.41, 5.74) is 3.29. The second-order valence-corrected chi connectivity index (χ2v) is 6.25. The molecule has 21 heavy (non-hydrogen) atoms. The summed E-state index contributed by atoms with van der Waals surface area (Å²) in [4.78, 5) is 1.30. The molecule has 2 aromatic rings. The number of nitrogens with zero attached hydrogens (tertiary/aromatic N) is 2. The topological polar surface area (TPSA) is 29.9 Å². The number of likely N-dealkylation sites (N-methyl/N-ethyl adjacent to an activating group) is 1. The molecule has 0 saturated carbocycles. The minimum Gasteiger partial charge on any atom is -0.310 e. The number of benzene rings is 1. The first-order valence-electron chi connectivity index (χ1n) is 7.12. The Balaban J connectivity index is 2.35. The number of aryl methyl sites for hydroxylation is 2. The standard InChI is InChI=1S/C16H22ClN3S/c1-5-18-13(12-8-6-7-9-15(12)21-4)10-14-16(17)11(2)19-20(14)3/h6-9,13,18H,5,10H2,1-4H3. The molecule has 0 bridgehead atoms. The van der Waals surface area contributed by atoms with Gasteiger partial charge in [-0.25, -0.2) is 0 Å². The van der Waals surface area contributed by atoms with E-state index < -0.39 is 0 Å². The fourth-order valence-corrected chi connectivity index (χ4v) is 3.49. The van der Waals surface area contributed by atoms with Gasteiger partial charge in [0, 0.05) is 24.4 Å². The van der Waals surface area contributed by atoms with Gasteiger partial charge in [-0.05, 0) is 31.4 Å². The molecule has 0 aliphatic rings. The van der Waals surface area contributed by atoms with E-state index in [9.17, 15) is 0 Å². The zero-order chi connectivity index (χ0) is 15.4. The number of aromatic nitrogens is 2. The Kier molecular flexibility index (Phi) is 5.73. The van der Waals surface area contributed by atoms with Crippen LogP contribution in [0.15, 0.2) is 29.2 Å². The van der Waals surface area contributed by atoms with E-state index in [1.807, 2.05) is 18.7 Å². The van der Waals surface area contributed by atoms with Crippen LogP contribution in [-0.4, -0.2) is 22.6 Å². The highest BCUT2D eigenvalue weighted by molar-refractivity contribution is 7.98. The van der Waals surface area contributed by atoms with Gasteiger partial charge in [-0.15, -0.1) is 11.8 Å². The molecule has 1 aromatic heterocycles. The summed E-state index contributed by atoms with van der Waals surface area (Å²) in [5, 5.41) is 8.76. The van der Waals surface area contributed by atoms with E-state index >= 15 is 0 Å². The molecule has 0 saturated heterocycles. The molecule has 1 atom stereocenters. The molecule has 0 amide bonds. The molecule has 114 valence electrons. The number of nitrogens with one attached hydrogen (secondary N) is 1. The van der Waals surface area contributed by atoms with Crippen molar-refractivity contribution in [1.29, 1.82) is 0 Å². The Morgan fingerprint density at radius 3 is 2.67 bits per heavy atom. The molecule has 1 N–H and O–H groups in total. The Morgan fingerprint density at radius 2 is 2.10 bits per heavy atom. The maximum Gasteiger partial charge on any atom is 0.0847 e. The number of halogens is 1. The van der Waals surface area contributed by atoms with Crippen molar-refractivity contribution in [2.45, 2.75) is 31.2 Å². The highest BCUT2D eigenvalue weighted by Gasteiger charge is 2.19. The molecular formula is C16H22ClN3S. The molecule has 0 radical (unpaired) electrons. The third-order valence-corrected chi connectivity index (χ3v) is 4.93. The van der Waals surface area contributed by atoms with Crippen molar-refractivity contribution in [2.24, 2.45) is 7.05 Å². The lowest BCUT2D eigenvalue weighted by Gasteiger charge is -2.21. The molecular weight excluding hydrogens is 302 g/mol. The zero-order valence-corrected chi connectivity index (χ0v) is 14.6. The van der Waals surface area contributed by atoms with E-state index in [2.05, 4.69) is 47.9 Å². The van der Waals surface area contributed by atoms with Crippen molar-refractivity contribution in [3.63, 3.8) is 0 Å². The summed E-state index contributed by atoms with van der Waals surface area (Å²) in [6.07, 6.45) is 2.95. The normalized spacial score (nSPS) is 12.6. The summed E-state index contributed by atoms with van der Waals surface area (Å²) in [7, 11) is 1.96. The van der Waals surface area contributed by atoms with Crippen molar-refractivity contribution < 1.29 is 0 Å². The zero-order valence-electron chi connectivity index (χ0n) is 13.0. The van der Waals surface area contributed by atoms with Gasteiger partial charge >= 0.3 is 0 Å². The van der Waals surface area contributed by atoms with Crippen molar-refractivity contribution >= 4 is 23.4 Å². The van der Waals surface area contributed by atoms with Gasteiger partial charge in [0.05, 0.1) is 16.4 Å². The fraction of sp³-hybridized carbons (Fsp3) is 0.438. The van der Waals surface area contributed by atoms with Crippen LogP contribution < -0.4 is 5.32 Å². The minimum absolute atomic E-state index is 0.242. The van der Waals surface area contributed by atoms with Crippen LogP contribution in [0.25, 0.3) is 0 Å². The molecule has 0 fully saturated rings. The van der Waals surface area contributed by atoms with Crippen LogP contribution >= 0.6 is 23.4 Å². The van der Waals surface area contributed by atoms with Crippen LogP contribution in [-0.2, 0) is 13.5 Å². The summed E-state index contributed by atoms with van der Waals surface area (Å²) in [6, 6.07) is 8.78. The van der Waals surface area contributed by atoms with E-state index in [-0.39, 0.29) is 6.04 Å². The largest absolute Gasteiger partial charge is 0.310 e. The van der Waals surface area contributed by atoms with Crippen LogP contribution in [0.3, 0.4) is 0 Å². The molecule has 0 spiro atoms. The molecule has 1 heterocycles. The average Bonchev–Trinajstić information content (AvgIpc) is 2.73. The van der Waals surface area contributed by atoms with Crippen molar-refractivity contribution in [2.75, 3.05) is 12.8 Å². The van der Waals surface area contributed by atoms with Crippen molar-refractivity contribution in [1.82, 2.24) is 15.1 Å². The lowest BCUT2D eigenvalue weighted by atomic mass is 10.0. The van der Waals surface area contributed by atoms with Gasteiger partial charge in [-0.2, -0.15) is 5.10 Å². The monoisotopic (exact) mass is 323 g/mol. The van der Waals surface area contributed by atoms with Gasteiger partial charge in [-0.3, -0.25) is 4.68 Å². The number of hydrogen-bond donors (Lipinski definition) is 1. The Hall–Kier alpha value is -0.970. The maximum absolute atomic E-state index is 6.40. The van der Waals surface area contributed by atoms with Crippen LogP contribution in [0.5, 0.6) is 0 Å². The van der Waals surface area contributed by atoms with Crippen LogP contribution in [0.1, 0.15) is 29.9 Å². The van der Waals surface area contributed by atoms with Crippen LogP contribution in [0.4, 0.5) is 0 Å². The van der Waals surface area contributed by atoms with Gasteiger partial charge < -0.3 is 5.32 Å². The lowest BCUT2D eigenvalue weighted by molar-refractivity contribution is 0.522. The van der Waals surface area contributed by atoms with E-state index in [0.29, 0.717) is 0 Å². The molecule has 3 nitrogen and oxygen atoms in total. The number of hydrogen-bond acceptors (Lipinski definition) is 3. The minimum atomic E-state index is 0.242. The third kappa shape index (κ3) is 3.62. The number of rotatable bonds is 6. The van der Waals surface area contributed by atoms with E-state index in [4.69, 9.17) is 11.6 Å². The van der Waals surface area contributed by atoms with Crippen molar-refractivity contribution in [3.05, 3.63) is 46.2 Å². The molecule has 0 aliphatic carbocycles. The molecule has 2 rings (SSSR count). The highest BCUT2D eigenvalue weighted by atomic mass is 35.5. The predicted octanol–water partition coefficient (Wildman–Crippen LogP) is 4.00. The van der Waals surface area contributed by atoms with Gasteiger partial charge in [0.15, 0.2) is 0 Å². The van der Waals surface area contributed by atoms with Crippen LogP contribution in [0.2, 0.25) is 5.02 Å². The quantitative estimate of drug-likeness (QED) is 0.815. The molecule has 1 unspecified atom stereocenters. The molecule has 1 aromatic carbocycles. The first kappa shape index (κ1) is 16.4. The SMILES string of the molecule is CCNC(Cc1c(Cl)c(C)nn1C)c1ccccc1SC. The summed E-state index contributed by atoms with van der Waals surface area (Å²) in [5.74, 6) is 0. The first-order valence-corrected chi connectivity index (χ1v) is 8.73. The first-order chi connectivity index (χ1) is 10.1. The second kappa shape index (κ2) is 7.34. The summed E-state index contributed by atoms with van der Waals surface area (Å²) < 4.78 is 1.89. The van der Waals surface area contributed by atoms with Crippen molar-refractivity contribution in [3.8, 4) is 0 Å². The molecule has 0 aliphatic heterocycles. The van der Waals surface area contributed by atoms with Gasteiger partial charge in [-0.1, -0.05) is 36.7 Å². The number of thioether (sulfide) groups is 1. The maximum atomic E-state index is 6.40. The average molecular weight is 324 g/mol. The fourth-order valence-electron chi connectivity index (χ4n) is 2.59. The smallest absolute Gasteiger partial charge is 0.0847 e. The third-order valence-electron chi connectivity index (χ3n) is 3.62. The second-order valence-electron chi connectivity index (χ2n) is 5.03. The Bertz CT molecular complexity index is 610. The summed E-state index contributed by atoms with van der Waals surface area (Å²) >= 11 is 8.18. The molecule has 5 heteroatoms. The Labute approximate surface area is 136 Å². The predicted molar refractivity (Wildman–Crippen MR) is 91.3 cm³/mol. The lowest BCUT2D eigenvalue weighted by Crippen LogP contribution is -2.24. The van der Waals surface area contributed by atoms with Crippen LogP contribution in [0, 0.1) is 6.92 Å².